The summed E-state index contributed by atoms with van der Waals surface area (Å²) in [5, 5.41) is 4.03. The van der Waals surface area contributed by atoms with E-state index >= 15 is 0 Å². The van der Waals surface area contributed by atoms with Crippen LogP contribution in [0.1, 0.15) is 58.8 Å². The van der Waals surface area contributed by atoms with E-state index in [0.29, 0.717) is 6.04 Å². The Hall–Kier alpha value is -0.120. The molecule has 1 N–H and O–H groups in total. The molecule has 3 saturated heterocycles. The highest BCUT2D eigenvalue weighted by atomic mass is 15.2. The van der Waals surface area contributed by atoms with Crippen LogP contribution in [-0.2, 0) is 0 Å². The van der Waals surface area contributed by atoms with E-state index in [2.05, 4.69) is 29.0 Å². The molecular weight excluding hydrogens is 258 g/mol. The molecule has 3 atom stereocenters. The van der Waals surface area contributed by atoms with E-state index in [1.165, 1.54) is 77.7 Å². The average molecular weight is 293 g/mol. The number of nitrogens with one attached hydrogen (secondary N) is 1. The maximum atomic E-state index is 4.03. The Kier molecular flexibility index (Phi) is 5.58. The molecule has 3 fully saturated rings. The Morgan fingerprint density at radius 1 is 1.00 bits per heavy atom. The molecule has 3 nitrogen and oxygen atoms in total. The van der Waals surface area contributed by atoms with Crippen molar-refractivity contribution < 1.29 is 0 Å². The summed E-state index contributed by atoms with van der Waals surface area (Å²) in [6.07, 6.45) is 9.78. The van der Waals surface area contributed by atoms with Gasteiger partial charge in [0.1, 0.15) is 0 Å². The molecule has 3 aliphatic rings. The molecule has 122 valence electrons. The quantitative estimate of drug-likeness (QED) is 0.841. The molecule has 3 aliphatic heterocycles. The lowest BCUT2D eigenvalue weighted by Crippen LogP contribution is -2.50. The molecule has 0 saturated carbocycles. The van der Waals surface area contributed by atoms with E-state index in [1.807, 2.05) is 0 Å². The minimum absolute atomic E-state index is 0.709. The Morgan fingerprint density at radius 3 is 2.57 bits per heavy atom. The van der Waals surface area contributed by atoms with E-state index in [1.54, 1.807) is 0 Å². The van der Waals surface area contributed by atoms with Gasteiger partial charge in [0.15, 0.2) is 0 Å². The molecule has 0 spiro atoms. The standard InChI is InChI=1S/C18H35N3/c1-3-10-20-12-7-16(8-13-20)15(2)19-17-9-14-21-11-5-4-6-18(17)21/h15-19H,3-14H2,1-2H3. The van der Waals surface area contributed by atoms with Crippen molar-refractivity contribution in [1.29, 1.82) is 0 Å². The Labute approximate surface area is 131 Å². The van der Waals surface area contributed by atoms with Crippen molar-refractivity contribution in [2.45, 2.75) is 76.9 Å². The van der Waals surface area contributed by atoms with Crippen LogP contribution in [-0.4, -0.2) is 60.6 Å². The molecule has 0 amide bonds. The van der Waals surface area contributed by atoms with E-state index < -0.39 is 0 Å². The number of rotatable bonds is 5. The minimum Gasteiger partial charge on any atom is -0.310 e. The summed E-state index contributed by atoms with van der Waals surface area (Å²) in [7, 11) is 0. The first-order valence-corrected chi connectivity index (χ1v) is 9.50. The van der Waals surface area contributed by atoms with Gasteiger partial charge >= 0.3 is 0 Å². The molecule has 3 unspecified atom stereocenters. The maximum absolute atomic E-state index is 4.03. The Bertz CT molecular complexity index is 312. The highest BCUT2D eigenvalue weighted by Crippen LogP contribution is 2.29. The molecule has 0 bridgehead atoms. The molecule has 3 heterocycles. The van der Waals surface area contributed by atoms with Crippen LogP contribution in [0.15, 0.2) is 0 Å². The zero-order chi connectivity index (χ0) is 14.7. The van der Waals surface area contributed by atoms with Gasteiger partial charge in [0, 0.05) is 24.7 Å². The molecule has 0 aromatic heterocycles. The predicted octanol–water partition coefficient (Wildman–Crippen LogP) is 2.71. The molecular formula is C18H35N3. The van der Waals surface area contributed by atoms with Crippen molar-refractivity contribution in [2.75, 3.05) is 32.7 Å². The fourth-order valence-corrected chi connectivity index (χ4v) is 4.91. The summed E-state index contributed by atoms with van der Waals surface area (Å²) in [4.78, 5) is 5.40. The average Bonchev–Trinajstić information content (AvgIpc) is 2.92. The smallest absolute Gasteiger partial charge is 0.0249 e. The number of hydrogen-bond acceptors (Lipinski definition) is 3. The van der Waals surface area contributed by atoms with Crippen LogP contribution in [0.25, 0.3) is 0 Å². The van der Waals surface area contributed by atoms with Gasteiger partial charge in [0.2, 0.25) is 0 Å². The maximum Gasteiger partial charge on any atom is 0.0249 e. The molecule has 0 aromatic carbocycles. The third-order valence-corrected chi connectivity index (χ3v) is 6.21. The summed E-state index contributed by atoms with van der Waals surface area (Å²) >= 11 is 0. The summed E-state index contributed by atoms with van der Waals surface area (Å²) < 4.78 is 0. The van der Waals surface area contributed by atoms with Gasteiger partial charge in [-0.05, 0) is 77.5 Å². The van der Waals surface area contributed by atoms with Crippen molar-refractivity contribution in [3.05, 3.63) is 0 Å². The van der Waals surface area contributed by atoms with Gasteiger partial charge < -0.3 is 10.2 Å². The van der Waals surface area contributed by atoms with Gasteiger partial charge in [-0.15, -0.1) is 0 Å². The van der Waals surface area contributed by atoms with Crippen LogP contribution in [0.2, 0.25) is 0 Å². The number of nitrogens with zero attached hydrogens (tertiary/aromatic N) is 2. The van der Waals surface area contributed by atoms with Gasteiger partial charge in [0.25, 0.3) is 0 Å². The molecule has 3 heteroatoms. The fraction of sp³-hybridized carbons (Fsp3) is 1.00. The molecule has 21 heavy (non-hydrogen) atoms. The first-order chi connectivity index (χ1) is 10.3. The zero-order valence-corrected chi connectivity index (χ0v) is 14.2. The molecule has 0 aliphatic carbocycles. The predicted molar refractivity (Wildman–Crippen MR) is 89.7 cm³/mol. The van der Waals surface area contributed by atoms with E-state index in [9.17, 15) is 0 Å². The number of likely N-dealkylation sites (tertiary alicyclic amines) is 1. The third kappa shape index (κ3) is 3.80. The van der Waals surface area contributed by atoms with Crippen LogP contribution < -0.4 is 5.32 Å². The highest BCUT2D eigenvalue weighted by molar-refractivity contribution is 4.95. The summed E-state index contributed by atoms with van der Waals surface area (Å²) in [6, 6.07) is 2.33. The van der Waals surface area contributed by atoms with Gasteiger partial charge in [-0.3, -0.25) is 4.90 Å². The lowest BCUT2D eigenvalue weighted by molar-refractivity contribution is 0.143. The largest absolute Gasteiger partial charge is 0.310 e. The molecule has 3 rings (SSSR count). The molecule has 0 aromatic rings. The lowest BCUT2D eigenvalue weighted by atomic mass is 9.89. The normalized spacial score (nSPS) is 34.0. The highest BCUT2D eigenvalue weighted by Gasteiger charge is 2.36. The Balaban J connectivity index is 1.45. The second-order valence-corrected chi connectivity index (χ2v) is 7.63. The van der Waals surface area contributed by atoms with Crippen molar-refractivity contribution >= 4 is 0 Å². The van der Waals surface area contributed by atoms with Gasteiger partial charge in [-0.2, -0.15) is 0 Å². The zero-order valence-electron chi connectivity index (χ0n) is 14.2. The van der Waals surface area contributed by atoms with E-state index in [-0.39, 0.29) is 0 Å². The number of fused-ring (bicyclic) bond motifs is 1. The second kappa shape index (κ2) is 7.43. The van der Waals surface area contributed by atoms with Crippen molar-refractivity contribution in [3.63, 3.8) is 0 Å². The van der Waals surface area contributed by atoms with Crippen molar-refractivity contribution in [2.24, 2.45) is 5.92 Å². The minimum atomic E-state index is 0.709. The topological polar surface area (TPSA) is 18.5 Å². The van der Waals surface area contributed by atoms with E-state index in [0.717, 1.165) is 18.0 Å². The van der Waals surface area contributed by atoms with Gasteiger partial charge in [0.05, 0.1) is 0 Å². The monoisotopic (exact) mass is 293 g/mol. The second-order valence-electron chi connectivity index (χ2n) is 7.63. The number of piperidine rings is 2. The summed E-state index contributed by atoms with van der Waals surface area (Å²) in [5.41, 5.74) is 0. The van der Waals surface area contributed by atoms with Crippen molar-refractivity contribution in [3.8, 4) is 0 Å². The fourth-order valence-electron chi connectivity index (χ4n) is 4.91. The van der Waals surface area contributed by atoms with E-state index in [4.69, 9.17) is 0 Å². The van der Waals surface area contributed by atoms with Crippen LogP contribution in [0.4, 0.5) is 0 Å². The van der Waals surface area contributed by atoms with Crippen molar-refractivity contribution in [1.82, 2.24) is 15.1 Å². The SMILES string of the molecule is CCCN1CCC(C(C)NC2CCN3CCCCC23)CC1. The number of hydrogen-bond donors (Lipinski definition) is 1. The van der Waals surface area contributed by atoms with Gasteiger partial charge in [-0.1, -0.05) is 13.3 Å². The first kappa shape index (κ1) is 15.8. The Morgan fingerprint density at radius 2 is 1.81 bits per heavy atom. The third-order valence-electron chi connectivity index (χ3n) is 6.21. The van der Waals surface area contributed by atoms with Crippen LogP contribution in [0.5, 0.6) is 0 Å². The van der Waals surface area contributed by atoms with Crippen LogP contribution >= 0.6 is 0 Å². The summed E-state index contributed by atoms with van der Waals surface area (Å²) in [6.45, 7) is 11.4. The first-order valence-electron chi connectivity index (χ1n) is 9.50. The lowest BCUT2D eigenvalue weighted by Gasteiger charge is -2.38. The van der Waals surface area contributed by atoms with Gasteiger partial charge in [-0.25, -0.2) is 0 Å². The summed E-state index contributed by atoms with van der Waals surface area (Å²) in [5.74, 6) is 0.899. The van der Waals surface area contributed by atoms with Crippen LogP contribution in [0.3, 0.4) is 0 Å². The van der Waals surface area contributed by atoms with Crippen LogP contribution in [0, 0.1) is 5.92 Å². The molecule has 0 radical (unpaired) electrons.